The van der Waals surface area contributed by atoms with Crippen LogP contribution in [0.15, 0.2) is 24.3 Å². The van der Waals surface area contributed by atoms with E-state index in [1.54, 1.807) is 13.8 Å². The number of aliphatic hydroxyl groups excluding tert-OH is 2. The summed E-state index contributed by atoms with van der Waals surface area (Å²) in [5.74, 6) is -6.36. The summed E-state index contributed by atoms with van der Waals surface area (Å²) < 4.78 is -0.232. The van der Waals surface area contributed by atoms with Gasteiger partial charge in [0.1, 0.15) is 36.3 Å². The van der Waals surface area contributed by atoms with Gasteiger partial charge in [-0.1, -0.05) is 94.5 Å². The molecule has 1 aromatic rings. The lowest BCUT2D eigenvalue weighted by molar-refractivity contribution is -0.384. The van der Waals surface area contributed by atoms with E-state index < -0.39 is 94.7 Å². The lowest BCUT2D eigenvalue weighted by Crippen LogP contribution is -2.63. The molecule has 0 aliphatic carbocycles. The zero-order chi connectivity index (χ0) is 47.3. The molecule has 20 nitrogen and oxygen atoms in total. The van der Waals surface area contributed by atoms with Gasteiger partial charge in [0.2, 0.25) is 41.4 Å². The first-order chi connectivity index (χ1) is 28.9. The normalized spacial score (nSPS) is 15.4. The van der Waals surface area contributed by atoms with Crippen LogP contribution in [-0.2, 0) is 40.0 Å². The number of benzene rings is 1. The van der Waals surface area contributed by atoms with Gasteiger partial charge in [0, 0.05) is 35.5 Å². The summed E-state index contributed by atoms with van der Waals surface area (Å²) >= 11 is 0. The number of nitrogens with zero attached hydrogens (tertiary/aromatic N) is 1. The molecule has 0 saturated carbocycles. The van der Waals surface area contributed by atoms with Crippen LogP contribution in [0.3, 0.4) is 0 Å². The molecular weight excluding hydrogens is 847 g/mol. The summed E-state index contributed by atoms with van der Waals surface area (Å²) in [4.78, 5) is 103. The van der Waals surface area contributed by atoms with Crippen molar-refractivity contribution < 1.29 is 48.7 Å². The second-order valence-electron chi connectivity index (χ2n) is 16.3. The van der Waals surface area contributed by atoms with Crippen LogP contribution < -0.4 is 43.4 Å². The Morgan fingerprint density at radius 3 is 1.71 bits per heavy atom. The van der Waals surface area contributed by atoms with E-state index in [1.165, 1.54) is 59.7 Å². The fourth-order valence-electron chi connectivity index (χ4n) is 5.71. The summed E-state index contributed by atoms with van der Waals surface area (Å²) in [6.07, 6.45) is 0.559. The Hall–Kier alpha value is -4.51. The molecular formula is C40H67N9O11S2. The fourth-order valence-corrected chi connectivity index (χ4v) is 8.17. The molecule has 0 unspecified atom stereocenters. The Labute approximate surface area is 371 Å². The van der Waals surface area contributed by atoms with Gasteiger partial charge in [-0.15, -0.1) is 0 Å². The third-order valence-electron chi connectivity index (χ3n) is 9.16. The van der Waals surface area contributed by atoms with Gasteiger partial charge in [0.25, 0.3) is 5.69 Å². The van der Waals surface area contributed by atoms with E-state index in [4.69, 9.17) is 11.5 Å². The number of rotatable bonds is 28. The lowest BCUT2D eigenvalue weighted by Gasteiger charge is -2.30. The van der Waals surface area contributed by atoms with Crippen LogP contribution in [0.1, 0.15) is 99.5 Å². The molecule has 0 heterocycles. The monoisotopic (exact) mass is 913 g/mol. The van der Waals surface area contributed by atoms with Crippen molar-refractivity contribution in [2.24, 2.45) is 17.4 Å². The predicted octanol–water partition coefficient (Wildman–Crippen LogP) is 0.448. The van der Waals surface area contributed by atoms with Crippen molar-refractivity contribution >= 4 is 68.6 Å². The van der Waals surface area contributed by atoms with Crippen LogP contribution in [-0.4, -0.2) is 122 Å². The number of aliphatic hydroxyl groups is 2. The molecule has 1 rings (SSSR count). The number of unbranched alkanes of at least 4 members (excludes halogenated alkanes) is 3. The molecule has 0 saturated heterocycles. The van der Waals surface area contributed by atoms with Crippen molar-refractivity contribution in [2.75, 3.05) is 12.3 Å². The molecule has 0 fully saturated rings. The van der Waals surface area contributed by atoms with Crippen LogP contribution in [0.25, 0.3) is 0 Å². The smallest absolute Gasteiger partial charge is 0.269 e. The molecule has 7 amide bonds. The number of primary amides is 1. The maximum absolute atomic E-state index is 13.8. The van der Waals surface area contributed by atoms with Crippen molar-refractivity contribution in [1.82, 2.24) is 31.9 Å². The zero-order valence-electron chi connectivity index (χ0n) is 36.9. The second-order valence-corrected chi connectivity index (χ2v) is 19.5. The number of nitrogens with two attached hydrogens (primary N) is 2. The predicted molar refractivity (Wildman–Crippen MR) is 238 cm³/mol. The maximum atomic E-state index is 13.8. The molecule has 22 heteroatoms. The molecule has 350 valence electrons. The molecule has 0 aliphatic heterocycles. The van der Waals surface area contributed by atoms with Gasteiger partial charge in [-0.05, 0) is 44.7 Å². The van der Waals surface area contributed by atoms with Gasteiger partial charge in [-0.3, -0.25) is 43.7 Å². The molecule has 8 atom stereocenters. The summed E-state index contributed by atoms with van der Waals surface area (Å²) in [7, 11) is 2.73. The molecule has 1 aromatic carbocycles. The van der Waals surface area contributed by atoms with Crippen LogP contribution >= 0.6 is 21.6 Å². The van der Waals surface area contributed by atoms with Crippen molar-refractivity contribution in [3.63, 3.8) is 0 Å². The number of amides is 7. The number of nitro benzene ring substituents is 1. The van der Waals surface area contributed by atoms with Gasteiger partial charge in [0.05, 0.1) is 17.1 Å². The van der Waals surface area contributed by atoms with Gasteiger partial charge in [0.15, 0.2) is 0 Å². The van der Waals surface area contributed by atoms with Crippen molar-refractivity contribution in [3.05, 3.63) is 39.9 Å². The third-order valence-corrected chi connectivity index (χ3v) is 12.5. The number of carbonyl (C=O) groups is 7. The van der Waals surface area contributed by atoms with E-state index in [0.29, 0.717) is 12.0 Å². The Balaban J connectivity index is 3.23. The minimum atomic E-state index is -1.66. The Kier molecular flexibility index (Phi) is 24.6. The number of nitro groups is 1. The van der Waals surface area contributed by atoms with Gasteiger partial charge >= 0.3 is 0 Å². The highest BCUT2D eigenvalue weighted by Crippen LogP contribution is 2.35. The first-order valence-corrected chi connectivity index (χ1v) is 22.9. The van der Waals surface area contributed by atoms with Gasteiger partial charge in [-0.25, -0.2) is 0 Å². The number of hydrogen-bond acceptors (Lipinski definition) is 14. The first kappa shape index (κ1) is 55.5. The fraction of sp³-hybridized carbons (Fsp3) is 0.675. The summed E-state index contributed by atoms with van der Waals surface area (Å²) in [6.45, 7) is 13.6. The maximum Gasteiger partial charge on any atom is 0.269 e. The number of nitrogens with one attached hydrogen (secondary N) is 6. The molecule has 0 aromatic heterocycles. The van der Waals surface area contributed by atoms with Crippen LogP contribution in [0.5, 0.6) is 0 Å². The lowest BCUT2D eigenvalue weighted by atomic mass is 10.0. The molecule has 62 heavy (non-hydrogen) atoms. The van der Waals surface area contributed by atoms with Crippen LogP contribution in [0.4, 0.5) is 5.69 Å². The van der Waals surface area contributed by atoms with Gasteiger partial charge in [-0.2, -0.15) is 0 Å². The minimum Gasteiger partial charge on any atom is -0.391 e. The Morgan fingerprint density at radius 1 is 0.726 bits per heavy atom. The largest absolute Gasteiger partial charge is 0.391 e. The Morgan fingerprint density at radius 2 is 1.23 bits per heavy atom. The summed E-state index contributed by atoms with van der Waals surface area (Å²) in [5, 5.41) is 47.3. The highest BCUT2D eigenvalue weighted by atomic mass is 33.1. The zero-order valence-corrected chi connectivity index (χ0v) is 38.5. The SMILES string of the molecule is CCCCCCC(=O)N[C@H](CCN)C(=O)N[C@@H](CSSC(C)(C)C)C(=O)N[C@H](C(=O)N[C@H](C(=O)N[C@H](C(=O)N[C@@H](Cc1ccc([N+](=O)[O-])cc1)C(N)=O)[C@@H](C)O)C(C)C)[C@@H](C)O. The summed E-state index contributed by atoms with van der Waals surface area (Å²) in [5.41, 5.74) is 11.5. The summed E-state index contributed by atoms with van der Waals surface area (Å²) in [6, 6.07) is -3.15. The molecule has 0 bridgehead atoms. The number of non-ortho nitro benzene ring substituents is 1. The van der Waals surface area contributed by atoms with E-state index in [1.807, 2.05) is 27.7 Å². The standard InChI is InChI=1S/C40H67N9O11S2/c1-9-10-11-12-13-30(52)43-27(18-19-41)35(54)45-29(21-61-62-40(6,7)8)36(55)47-33(24(5)51)39(58)46-31(22(2)3)37(56)48-32(23(4)50)38(57)44-28(34(42)53)20-25-14-16-26(17-15-25)49(59)60/h14-17,22-24,27-29,31-33,50-51H,9-13,18-21,41H2,1-8H3,(H2,42,53)(H,43,52)(H,44,57)(H,45,54)(H,46,58)(H,47,55)(H,48,56)/t23-,24-,27-,28+,29+,31+,32+,33+/m1/s1. The van der Waals surface area contributed by atoms with Crippen LogP contribution in [0, 0.1) is 16.0 Å². The average Bonchev–Trinajstić information content (AvgIpc) is 3.17. The van der Waals surface area contributed by atoms with Crippen molar-refractivity contribution in [3.8, 4) is 0 Å². The highest BCUT2D eigenvalue weighted by Gasteiger charge is 2.37. The van der Waals surface area contributed by atoms with Crippen molar-refractivity contribution in [2.45, 2.75) is 154 Å². The quantitative estimate of drug-likeness (QED) is 0.0236. The third kappa shape index (κ3) is 20.6. The van der Waals surface area contributed by atoms with E-state index in [-0.39, 0.29) is 47.9 Å². The molecule has 0 spiro atoms. The van der Waals surface area contributed by atoms with E-state index in [0.717, 1.165) is 19.3 Å². The highest BCUT2D eigenvalue weighted by molar-refractivity contribution is 8.77. The topological polar surface area (TPSA) is 327 Å². The first-order valence-electron chi connectivity index (χ1n) is 20.6. The molecule has 0 radical (unpaired) electrons. The van der Waals surface area contributed by atoms with Gasteiger partial charge < -0.3 is 53.6 Å². The Bertz CT molecular complexity index is 1660. The van der Waals surface area contributed by atoms with Crippen molar-refractivity contribution in [1.29, 1.82) is 0 Å². The minimum absolute atomic E-state index is 0.0261. The van der Waals surface area contributed by atoms with E-state index >= 15 is 0 Å². The number of carbonyl (C=O) groups excluding carboxylic acids is 7. The van der Waals surface area contributed by atoms with E-state index in [2.05, 4.69) is 31.9 Å². The van der Waals surface area contributed by atoms with Crippen LogP contribution in [0.2, 0.25) is 0 Å². The number of hydrogen-bond donors (Lipinski definition) is 10. The van der Waals surface area contributed by atoms with E-state index in [9.17, 15) is 53.9 Å². The second kappa shape index (κ2) is 27.5. The molecule has 0 aliphatic rings. The molecule has 12 N–H and O–H groups in total. The average molecular weight is 914 g/mol.